The van der Waals surface area contributed by atoms with Crippen molar-refractivity contribution in [2.24, 2.45) is 0 Å². The van der Waals surface area contributed by atoms with Crippen LogP contribution in [0.1, 0.15) is 10.4 Å². The van der Waals surface area contributed by atoms with Crippen molar-refractivity contribution in [2.45, 2.75) is 0 Å². The van der Waals surface area contributed by atoms with Crippen LogP contribution in [0.5, 0.6) is 0 Å². The maximum Gasteiger partial charge on any atom is 0.251 e. The van der Waals surface area contributed by atoms with E-state index in [1.807, 2.05) is 16.7 Å². The van der Waals surface area contributed by atoms with Gasteiger partial charge in [0.15, 0.2) is 12.4 Å². The summed E-state index contributed by atoms with van der Waals surface area (Å²) in [5.41, 5.74) is 1.57. The number of allylic oxidation sites excluding steroid dienone is 1. The Morgan fingerprint density at radius 1 is 1.31 bits per heavy atom. The minimum absolute atomic E-state index is 0.0931. The molecule has 16 heavy (non-hydrogen) atoms. The molecule has 1 amide bonds. The SMILES string of the molecule is C=CC=[N+](C=C)c1ccc(C(=O)NC)cc1. The standard InChI is InChI=1S/C13H14N2O/c1-4-10-15(5-2)12-8-6-11(7-9-12)13(16)14-3/h4-10H,1-2H2,3H3/p+1. The van der Waals surface area contributed by atoms with Crippen LogP contribution in [0.3, 0.4) is 0 Å². The minimum Gasteiger partial charge on any atom is -0.355 e. The third-order valence-corrected chi connectivity index (χ3v) is 2.12. The average Bonchev–Trinajstić information content (AvgIpc) is 2.35. The van der Waals surface area contributed by atoms with Gasteiger partial charge in [0.1, 0.15) is 0 Å². The van der Waals surface area contributed by atoms with Crippen molar-refractivity contribution in [1.82, 2.24) is 5.32 Å². The zero-order valence-corrected chi connectivity index (χ0v) is 9.31. The molecule has 3 nitrogen and oxygen atoms in total. The Balaban J connectivity index is 3.02. The van der Waals surface area contributed by atoms with Crippen LogP contribution >= 0.6 is 0 Å². The van der Waals surface area contributed by atoms with Crippen molar-refractivity contribution < 1.29 is 9.37 Å². The topological polar surface area (TPSA) is 32.1 Å². The Morgan fingerprint density at radius 2 is 1.94 bits per heavy atom. The van der Waals surface area contributed by atoms with Crippen LogP contribution in [-0.2, 0) is 0 Å². The lowest BCUT2D eigenvalue weighted by Crippen LogP contribution is -2.17. The maximum atomic E-state index is 11.3. The number of hydrogen-bond acceptors (Lipinski definition) is 1. The Morgan fingerprint density at radius 3 is 2.38 bits per heavy atom. The third-order valence-electron chi connectivity index (χ3n) is 2.12. The first kappa shape index (κ1) is 11.9. The van der Waals surface area contributed by atoms with E-state index in [1.54, 1.807) is 37.7 Å². The van der Waals surface area contributed by atoms with E-state index in [0.717, 1.165) is 5.69 Å². The molecule has 0 spiro atoms. The zero-order chi connectivity index (χ0) is 12.0. The Bertz CT molecular complexity index is 430. The molecule has 0 heterocycles. The van der Waals surface area contributed by atoms with E-state index < -0.39 is 0 Å². The van der Waals surface area contributed by atoms with Crippen LogP contribution in [0.4, 0.5) is 5.69 Å². The summed E-state index contributed by atoms with van der Waals surface area (Å²) in [7, 11) is 1.61. The molecule has 0 radical (unpaired) electrons. The molecule has 0 fully saturated rings. The van der Waals surface area contributed by atoms with Crippen molar-refractivity contribution >= 4 is 17.8 Å². The number of rotatable bonds is 4. The highest BCUT2D eigenvalue weighted by atomic mass is 16.1. The van der Waals surface area contributed by atoms with Gasteiger partial charge in [-0.1, -0.05) is 6.58 Å². The zero-order valence-electron chi connectivity index (χ0n) is 9.31. The summed E-state index contributed by atoms with van der Waals surface area (Å²) in [6.07, 6.45) is 5.15. The summed E-state index contributed by atoms with van der Waals surface area (Å²) in [6, 6.07) is 7.24. The second-order valence-corrected chi connectivity index (χ2v) is 3.10. The Labute approximate surface area is 95.4 Å². The molecule has 0 unspecified atom stereocenters. The van der Waals surface area contributed by atoms with Gasteiger partial charge in [-0.25, -0.2) is 0 Å². The van der Waals surface area contributed by atoms with Gasteiger partial charge in [0.2, 0.25) is 5.69 Å². The number of benzene rings is 1. The fourth-order valence-corrected chi connectivity index (χ4v) is 1.30. The second-order valence-electron chi connectivity index (χ2n) is 3.10. The van der Waals surface area contributed by atoms with Gasteiger partial charge in [0, 0.05) is 24.7 Å². The summed E-state index contributed by atoms with van der Waals surface area (Å²) >= 11 is 0. The summed E-state index contributed by atoms with van der Waals surface area (Å²) in [6.45, 7) is 7.32. The van der Waals surface area contributed by atoms with Crippen molar-refractivity contribution in [1.29, 1.82) is 0 Å². The largest absolute Gasteiger partial charge is 0.355 e. The lowest BCUT2D eigenvalue weighted by atomic mass is 10.2. The lowest BCUT2D eigenvalue weighted by Gasteiger charge is -1.99. The highest BCUT2D eigenvalue weighted by Gasteiger charge is 2.07. The maximum absolute atomic E-state index is 11.3. The van der Waals surface area contributed by atoms with Gasteiger partial charge in [-0.3, -0.25) is 4.79 Å². The number of nitrogens with zero attached hydrogens (tertiary/aromatic N) is 1. The number of amides is 1. The predicted octanol–water partition coefficient (Wildman–Crippen LogP) is 2.09. The van der Waals surface area contributed by atoms with E-state index in [0.29, 0.717) is 5.56 Å². The lowest BCUT2D eigenvalue weighted by molar-refractivity contribution is -0.353. The summed E-state index contributed by atoms with van der Waals surface area (Å²) < 4.78 is 1.82. The Hall–Kier alpha value is -2.16. The molecule has 0 aliphatic carbocycles. The first-order valence-corrected chi connectivity index (χ1v) is 4.92. The van der Waals surface area contributed by atoms with Crippen LogP contribution in [0.2, 0.25) is 0 Å². The summed E-state index contributed by atoms with van der Waals surface area (Å²) in [4.78, 5) is 11.3. The number of carbonyl (C=O) groups excluding carboxylic acids is 1. The summed E-state index contributed by atoms with van der Waals surface area (Å²) in [5.74, 6) is -0.0931. The molecule has 0 aliphatic heterocycles. The monoisotopic (exact) mass is 215 g/mol. The molecular formula is C13H15N2O+. The second kappa shape index (κ2) is 5.66. The van der Waals surface area contributed by atoms with Gasteiger partial charge in [-0.05, 0) is 24.8 Å². The van der Waals surface area contributed by atoms with Gasteiger partial charge in [0.25, 0.3) is 5.91 Å². The van der Waals surface area contributed by atoms with E-state index >= 15 is 0 Å². The minimum atomic E-state index is -0.0931. The van der Waals surface area contributed by atoms with Gasteiger partial charge in [0.05, 0.1) is 0 Å². The van der Waals surface area contributed by atoms with Crippen molar-refractivity contribution in [2.75, 3.05) is 7.05 Å². The van der Waals surface area contributed by atoms with Crippen molar-refractivity contribution in [3.8, 4) is 0 Å². The number of nitrogens with one attached hydrogen (secondary N) is 1. The van der Waals surface area contributed by atoms with Crippen LogP contribution in [-0.4, -0.2) is 23.7 Å². The van der Waals surface area contributed by atoms with Crippen molar-refractivity contribution in [3.63, 3.8) is 0 Å². The van der Waals surface area contributed by atoms with E-state index in [2.05, 4.69) is 18.5 Å². The molecule has 0 bridgehead atoms. The van der Waals surface area contributed by atoms with Gasteiger partial charge in [-0.15, -0.1) is 0 Å². The van der Waals surface area contributed by atoms with Crippen molar-refractivity contribution in [3.05, 3.63) is 55.3 Å². The first-order chi connectivity index (χ1) is 7.72. The highest BCUT2D eigenvalue weighted by molar-refractivity contribution is 5.94. The molecular weight excluding hydrogens is 200 g/mol. The average molecular weight is 215 g/mol. The molecule has 0 saturated carbocycles. The van der Waals surface area contributed by atoms with E-state index in [1.165, 1.54) is 0 Å². The normalized spacial score (nSPS) is 10.7. The van der Waals surface area contributed by atoms with Crippen LogP contribution in [0.15, 0.2) is 49.7 Å². The van der Waals surface area contributed by atoms with Crippen LogP contribution in [0.25, 0.3) is 0 Å². The third kappa shape index (κ3) is 2.67. The molecule has 0 atom stereocenters. The molecule has 0 saturated heterocycles. The molecule has 82 valence electrons. The number of hydrogen-bond donors (Lipinski definition) is 1. The smallest absolute Gasteiger partial charge is 0.251 e. The quantitative estimate of drug-likeness (QED) is 0.605. The van der Waals surface area contributed by atoms with E-state index in [-0.39, 0.29) is 5.91 Å². The molecule has 1 aromatic carbocycles. The fourth-order valence-electron chi connectivity index (χ4n) is 1.30. The predicted molar refractivity (Wildman–Crippen MR) is 66.2 cm³/mol. The van der Waals surface area contributed by atoms with Gasteiger partial charge >= 0.3 is 0 Å². The van der Waals surface area contributed by atoms with Crippen LogP contribution in [0, 0.1) is 0 Å². The molecule has 1 rings (SSSR count). The first-order valence-electron chi connectivity index (χ1n) is 4.92. The molecule has 0 aliphatic rings. The van der Waals surface area contributed by atoms with E-state index in [4.69, 9.17) is 0 Å². The summed E-state index contributed by atoms with van der Waals surface area (Å²) in [5, 5.41) is 2.57. The molecule has 1 N–H and O–H groups in total. The van der Waals surface area contributed by atoms with Gasteiger partial charge < -0.3 is 5.32 Å². The fraction of sp³-hybridized carbons (Fsp3) is 0.0769. The highest BCUT2D eigenvalue weighted by Crippen LogP contribution is 2.12. The van der Waals surface area contributed by atoms with Crippen LogP contribution < -0.4 is 5.32 Å². The molecule has 3 heteroatoms. The molecule has 1 aromatic rings. The number of carbonyl (C=O) groups is 1. The van der Waals surface area contributed by atoms with Gasteiger partial charge in [-0.2, -0.15) is 4.58 Å². The van der Waals surface area contributed by atoms with E-state index in [9.17, 15) is 4.79 Å². The molecule has 0 aromatic heterocycles. The Kier molecular flexibility index (Phi) is 4.21.